The molecule has 8 nitrogen and oxygen atoms in total. The van der Waals surface area contributed by atoms with E-state index in [1.807, 2.05) is 19.1 Å². The van der Waals surface area contributed by atoms with Gasteiger partial charge in [0.1, 0.15) is 0 Å². The first-order valence-corrected chi connectivity index (χ1v) is 10.7. The minimum absolute atomic E-state index is 0.272. The zero-order chi connectivity index (χ0) is 22.0. The van der Waals surface area contributed by atoms with Crippen LogP contribution in [0.2, 0.25) is 0 Å². The Hall–Kier alpha value is -2.68. The molecule has 0 spiro atoms. The maximum atomic E-state index is 12.6. The highest BCUT2D eigenvalue weighted by molar-refractivity contribution is 9.10. The van der Waals surface area contributed by atoms with Crippen LogP contribution in [0, 0.1) is 19.8 Å². The molecule has 162 valence electrons. The summed E-state index contributed by atoms with van der Waals surface area (Å²) >= 11 is 3.59. The molecule has 0 aliphatic heterocycles. The molecule has 0 aliphatic rings. The zero-order valence-electron chi connectivity index (χ0n) is 17.7. The molecule has 4 N–H and O–H groups in total. The molecule has 2 aromatic heterocycles. The third-order valence-corrected chi connectivity index (χ3v) is 5.42. The number of aromatic nitrogens is 4. The Kier molecular flexibility index (Phi) is 6.60. The second kappa shape index (κ2) is 8.99. The second-order valence-electron chi connectivity index (χ2n) is 7.64. The lowest BCUT2D eigenvalue weighted by Gasteiger charge is -2.20. The van der Waals surface area contributed by atoms with Crippen molar-refractivity contribution in [1.29, 1.82) is 0 Å². The van der Waals surface area contributed by atoms with Gasteiger partial charge in [-0.1, -0.05) is 13.8 Å². The van der Waals surface area contributed by atoms with Crippen molar-refractivity contribution in [1.82, 2.24) is 20.4 Å². The highest BCUT2D eigenvalue weighted by Crippen LogP contribution is 2.42. The van der Waals surface area contributed by atoms with Gasteiger partial charge in [-0.2, -0.15) is 0 Å². The predicted molar refractivity (Wildman–Crippen MR) is 119 cm³/mol. The summed E-state index contributed by atoms with van der Waals surface area (Å²) in [4.78, 5) is 25.3. The number of H-pyrrole nitrogens is 4. The van der Waals surface area contributed by atoms with Crippen LogP contribution < -0.4 is 20.6 Å². The van der Waals surface area contributed by atoms with Crippen molar-refractivity contribution >= 4 is 15.9 Å². The summed E-state index contributed by atoms with van der Waals surface area (Å²) in [7, 11) is 0. The van der Waals surface area contributed by atoms with Gasteiger partial charge in [-0.3, -0.25) is 19.8 Å². The van der Waals surface area contributed by atoms with Gasteiger partial charge in [-0.15, -0.1) is 0 Å². The largest absolute Gasteiger partial charge is 0.490 e. The normalized spacial score (nSPS) is 11.5. The highest BCUT2D eigenvalue weighted by atomic mass is 79.9. The molecular formula is C21H27BrN4O4. The van der Waals surface area contributed by atoms with Crippen LogP contribution in [0.15, 0.2) is 26.2 Å². The van der Waals surface area contributed by atoms with Crippen LogP contribution in [0.25, 0.3) is 0 Å². The number of ether oxygens (including phenoxy) is 2. The van der Waals surface area contributed by atoms with Gasteiger partial charge in [-0.25, -0.2) is 0 Å². The molecule has 0 radical (unpaired) electrons. The third kappa shape index (κ3) is 4.26. The van der Waals surface area contributed by atoms with Gasteiger partial charge < -0.3 is 19.7 Å². The second-order valence-corrected chi connectivity index (χ2v) is 8.49. The molecule has 0 amide bonds. The van der Waals surface area contributed by atoms with E-state index < -0.39 is 5.92 Å². The molecule has 0 atom stereocenters. The fraction of sp³-hybridized carbons (Fsp3) is 0.429. The van der Waals surface area contributed by atoms with Gasteiger partial charge in [0.25, 0.3) is 11.1 Å². The molecule has 9 heteroatoms. The quantitative estimate of drug-likeness (QED) is 0.394. The first kappa shape index (κ1) is 22.0. The number of benzene rings is 1. The SMILES string of the molecule is CCOc1cc(C(c2c(C)[nH][nH]c2=O)c2c(C)[nH][nH]c2=O)cc(Br)c1OCC(C)C. The number of aryl methyl sites for hydroxylation is 2. The number of aromatic amines is 4. The standard InChI is InChI=1S/C21H27BrN4O4/c1-6-29-15-8-13(7-14(22)19(15)30-9-10(2)3)18(16-11(4)23-25-20(16)27)17-12(5)24-26-21(17)28/h7-8,10,18H,6,9H2,1-5H3,(H2,23,25,27)(H2,24,26,28). The molecule has 0 unspecified atom stereocenters. The molecular weight excluding hydrogens is 452 g/mol. The summed E-state index contributed by atoms with van der Waals surface area (Å²) in [6.45, 7) is 10.6. The van der Waals surface area contributed by atoms with E-state index in [0.717, 1.165) is 5.56 Å². The van der Waals surface area contributed by atoms with Crippen molar-refractivity contribution < 1.29 is 9.47 Å². The van der Waals surface area contributed by atoms with Crippen molar-refractivity contribution in [2.24, 2.45) is 5.92 Å². The van der Waals surface area contributed by atoms with E-state index in [1.165, 1.54) is 0 Å². The maximum Gasteiger partial charge on any atom is 0.268 e. The number of hydrogen-bond acceptors (Lipinski definition) is 4. The predicted octanol–water partition coefficient (Wildman–Crippen LogP) is 3.71. The highest BCUT2D eigenvalue weighted by Gasteiger charge is 2.29. The number of rotatable bonds is 8. The fourth-order valence-corrected chi connectivity index (χ4v) is 4.07. The summed E-state index contributed by atoms with van der Waals surface area (Å²) in [5.41, 5.74) is 2.49. The molecule has 0 bridgehead atoms. The average Bonchev–Trinajstić information content (AvgIpc) is 3.18. The molecule has 0 aliphatic carbocycles. The van der Waals surface area contributed by atoms with E-state index in [0.29, 0.717) is 57.6 Å². The lowest BCUT2D eigenvalue weighted by atomic mass is 9.85. The van der Waals surface area contributed by atoms with Crippen LogP contribution in [0.3, 0.4) is 0 Å². The molecule has 0 saturated heterocycles. The fourth-order valence-electron chi connectivity index (χ4n) is 3.49. The first-order chi connectivity index (χ1) is 14.2. The van der Waals surface area contributed by atoms with Crippen molar-refractivity contribution in [3.05, 3.63) is 65.4 Å². The molecule has 0 saturated carbocycles. The molecule has 2 heterocycles. The van der Waals surface area contributed by atoms with E-state index in [4.69, 9.17) is 9.47 Å². The van der Waals surface area contributed by atoms with E-state index in [9.17, 15) is 9.59 Å². The van der Waals surface area contributed by atoms with Crippen molar-refractivity contribution in [2.75, 3.05) is 13.2 Å². The minimum atomic E-state index is -0.593. The van der Waals surface area contributed by atoms with Crippen LogP contribution >= 0.6 is 15.9 Å². The van der Waals surface area contributed by atoms with Crippen LogP contribution in [-0.2, 0) is 0 Å². The first-order valence-electron chi connectivity index (χ1n) is 9.87. The van der Waals surface area contributed by atoms with E-state index in [1.54, 1.807) is 13.8 Å². The summed E-state index contributed by atoms with van der Waals surface area (Å²) in [6, 6.07) is 3.72. The lowest BCUT2D eigenvalue weighted by molar-refractivity contribution is 0.246. The molecule has 30 heavy (non-hydrogen) atoms. The Morgan fingerprint density at radius 2 is 1.50 bits per heavy atom. The minimum Gasteiger partial charge on any atom is -0.490 e. The van der Waals surface area contributed by atoms with Gasteiger partial charge in [0, 0.05) is 17.3 Å². The summed E-state index contributed by atoms with van der Waals surface area (Å²) < 4.78 is 12.5. The number of nitrogens with one attached hydrogen (secondary N) is 4. The van der Waals surface area contributed by atoms with Crippen molar-refractivity contribution in [2.45, 2.75) is 40.5 Å². The third-order valence-electron chi connectivity index (χ3n) is 4.83. The van der Waals surface area contributed by atoms with Gasteiger partial charge in [0.05, 0.1) is 28.8 Å². The Morgan fingerprint density at radius 3 is 1.93 bits per heavy atom. The Morgan fingerprint density at radius 1 is 0.933 bits per heavy atom. The van der Waals surface area contributed by atoms with Gasteiger partial charge in [0.15, 0.2) is 11.5 Å². The zero-order valence-corrected chi connectivity index (χ0v) is 19.3. The topological polar surface area (TPSA) is 116 Å². The van der Waals surface area contributed by atoms with E-state index in [-0.39, 0.29) is 11.1 Å². The molecule has 3 aromatic rings. The van der Waals surface area contributed by atoms with Crippen molar-refractivity contribution in [3.8, 4) is 11.5 Å². The maximum absolute atomic E-state index is 12.6. The van der Waals surface area contributed by atoms with Gasteiger partial charge in [-0.05, 0) is 60.3 Å². The Balaban J connectivity index is 2.24. The summed E-state index contributed by atoms with van der Waals surface area (Å²) in [5, 5.41) is 10.9. The van der Waals surface area contributed by atoms with Gasteiger partial charge >= 0.3 is 0 Å². The van der Waals surface area contributed by atoms with E-state index >= 15 is 0 Å². The number of halogens is 1. The van der Waals surface area contributed by atoms with E-state index in [2.05, 4.69) is 50.2 Å². The van der Waals surface area contributed by atoms with Crippen LogP contribution in [-0.4, -0.2) is 33.6 Å². The summed E-state index contributed by atoms with van der Waals surface area (Å²) in [6.07, 6.45) is 0. The Labute approximate surface area is 182 Å². The van der Waals surface area contributed by atoms with Crippen LogP contribution in [0.5, 0.6) is 11.5 Å². The molecule has 0 fully saturated rings. The Bertz CT molecular complexity index is 1080. The van der Waals surface area contributed by atoms with Crippen molar-refractivity contribution in [3.63, 3.8) is 0 Å². The monoisotopic (exact) mass is 478 g/mol. The van der Waals surface area contributed by atoms with Gasteiger partial charge in [0.2, 0.25) is 0 Å². The summed E-state index contributed by atoms with van der Waals surface area (Å²) in [5.74, 6) is 0.916. The smallest absolute Gasteiger partial charge is 0.268 e. The molecule has 3 rings (SSSR count). The number of hydrogen-bond donors (Lipinski definition) is 4. The van der Waals surface area contributed by atoms with Crippen LogP contribution in [0.4, 0.5) is 0 Å². The van der Waals surface area contributed by atoms with Crippen LogP contribution in [0.1, 0.15) is 54.8 Å². The molecule has 1 aromatic carbocycles. The lowest BCUT2D eigenvalue weighted by Crippen LogP contribution is -2.20. The average molecular weight is 479 g/mol.